The summed E-state index contributed by atoms with van der Waals surface area (Å²) in [6.45, 7) is 8.19. The summed E-state index contributed by atoms with van der Waals surface area (Å²) in [5, 5.41) is 9.88. The van der Waals surface area contributed by atoms with Gasteiger partial charge in [-0.3, -0.25) is 4.79 Å². The van der Waals surface area contributed by atoms with Crippen molar-refractivity contribution >= 4 is 28.9 Å². The van der Waals surface area contributed by atoms with E-state index >= 15 is 0 Å². The largest absolute Gasteiger partial charge is 0.351 e. The predicted molar refractivity (Wildman–Crippen MR) is 115 cm³/mol. The van der Waals surface area contributed by atoms with Gasteiger partial charge in [-0.2, -0.15) is 0 Å². The van der Waals surface area contributed by atoms with Crippen LogP contribution in [0, 0.1) is 6.92 Å². The molecule has 0 radical (unpaired) electrons. The second kappa shape index (κ2) is 7.92. The van der Waals surface area contributed by atoms with Crippen molar-refractivity contribution in [1.29, 1.82) is 0 Å². The fraction of sp³-hybridized carbons (Fsp3) is 0.273. The van der Waals surface area contributed by atoms with Crippen LogP contribution in [0.5, 0.6) is 0 Å². The molecule has 5 heteroatoms. The number of para-hydroxylation sites is 1. The van der Waals surface area contributed by atoms with E-state index in [9.17, 15) is 4.79 Å². The Hall–Kier alpha value is -2.66. The maximum Gasteiger partial charge on any atom is 0.255 e. The highest BCUT2D eigenvalue weighted by Gasteiger charge is 2.30. The number of allylic oxidation sites excluding steroid dienone is 1. The number of nitrogens with one attached hydrogen (secondary N) is 3. The van der Waals surface area contributed by atoms with Crippen LogP contribution < -0.4 is 16.0 Å². The van der Waals surface area contributed by atoms with E-state index in [1.54, 1.807) is 0 Å². The third kappa shape index (κ3) is 4.19. The Bertz CT molecular complexity index is 900. The van der Waals surface area contributed by atoms with Gasteiger partial charge in [0.25, 0.3) is 5.91 Å². The summed E-state index contributed by atoms with van der Waals surface area (Å²) in [4.78, 5) is 13.1. The van der Waals surface area contributed by atoms with Crippen molar-refractivity contribution < 1.29 is 4.79 Å². The molecule has 2 aromatic carbocycles. The summed E-state index contributed by atoms with van der Waals surface area (Å²) in [5.74, 6) is 0.324. The van der Waals surface area contributed by atoms with Gasteiger partial charge in [0, 0.05) is 11.4 Å². The Morgan fingerprint density at radius 2 is 1.74 bits per heavy atom. The molecule has 1 amide bonds. The molecule has 0 bridgehead atoms. The van der Waals surface area contributed by atoms with Gasteiger partial charge in [0.15, 0.2) is 5.11 Å². The van der Waals surface area contributed by atoms with Gasteiger partial charge in [0.1, 0.15) is 0 Å². The van der Waals surface area contributed by atoms with Crippen LogP contribution in [0.2, 0.25) is 0 Å². The Morgan fingerprint density at radius 3 is 2.37 bits per heavy atom. The molecule has 0 aliphatic carbocycles. The average molecular weight is 380 g/mol. The van der Waals surface area contributed by atoms with Gasteiger partial charge in [-0.15, -0.1) is 0 Å². The van der Waals surface area contributed by atoms with Crippen LogP contribution >= 0.6 is 12.2 Å². The minimum absolute atomic E-state index is 0.137. The van der Waals surface area contributed by atoms with Crippen LogP contribution in [-0.4, -0.2) is 11.0 Å². The highest BCUT2D eigenvalue weighted by atomic mass is 32.1. The van der Waals surface area contributed by atoms with Gasteiger partial charge in [0.2, 0.25) is 0 Å². The summed E-state index contributed by atoms with van der Waals surface area (Å²) in [6.07, 6.45) is 0. The number of hydrogen-bond donors (Lipinski definition) is 3. The van der Waals surface area contributed by atoms with Gasteiger partial charge < -0.3 is 16.0 Å². The molecule has 0 aromatic heterocycles. The van der Waals surface area contributed by atoms with Crippen molar-refractivity contribution in [3.63, 3.8) is 0 Å². The zero-order valence-electron chi connectivity index (χ0n) is 16.1. The minimum Gasteiger partial charge on any atom is -0.351 e. The van der Waals surface area contributed by atoms with E-state index in [0.717, 1.165) is 22.5 Å². The Kier molecular flexibility index (Phi) is 5.61. The summed E-state index contributed by atoms with van der Waals surface area (Å²) in [6, 6.07) is 15.8. The minimum atomic E-state index is -0.288. The van der Waals surface area contributed by atoms with Gasteiger partial charge in [-0.25, -0.2) is 0 Å². The molecule has 140 valence electrons. The van der Waals surface area contributed by atoms with Crippen molar-refractivity contribution in [2.45, 2.75) is 39.7 Å². The number of amides is 1. The molecule has 0 spiro atoms. The number of anilines is 1. The van der Waals surface area contributed by atoms with Crippen LogP contribution in [0.25, 0.3) is 0 Å². The number of thiocarbonyl (C=S) groups is 1. The van der Waals surface area contributed by atoms with E-state index in [2.05, 4.69) is 54.1 Å². The standard InChI is InChI=1S/C22H25N3OS/c1-13(2)16-9-11-17(12-10-16)20-19(15(4)23-22(27)25-20)21(26)24-18-8-6-5-7-14(18)3/h5-13,20H,1-4H3,(H,24,26)(H2,23,25,27)/t20-/m0/s1. The Balaban J connectivity index is 1.94. The molecule has 1 aliphatic heterocycles. The first kappa shape index (κ1) is 19.1. The van der Waals surface area contributed by atoms with Crippen molar-refractivity contribution in [1.82, 2.24) is 10.6 Å². The Morgan fingerprint density at radius 1 is 1.07 bits per heavy atom. The molecule has 3 N–H and O–H groups in total. The van der Waals surface area contributed by atoms with E-state index in [1.165, 1.54) is 5.56 Å². The average Bonchev–Trinajstić information content (AvgIpc) is 2.63. The second-order valence-electron chi connectivity index (χ2n) is 7.16. The molecule has 1 aliphatic rings. The predicted octanol–water partition coefficient (Wildman–Crippen LogP) is 4.55. The molecule has 1 atom stereocenters. The molecule has 27 heavy (non-hydrogen) atoms. The summed E-state index contributed by atoms with van der Waals surface area (Å²) >= 11 is 5.33. The van der Waals surface area contributed by atoms with Gasteiger partial charge in [0.05, 0.1) is 11.6 Å². The first-order valence-electron chi connectivity index (χ1n) is 9.12. The number of benzene rings is 2. The number of aryl methyl sites for hydroxylation is 1. The normalized spacial score (nSPS) is 16.8. The third-order valence-electron chi connectivity index (χ3n) is 4.84. The zero-order valence-corrected chi connectivity index (χ0v) is 16.9. The number of carbonyl (C=O) groups is 1. The van der Waals surface area contributed by atoms with Crippen molar-refractivity contribution in [2.24, 2.45) is 0 Å². The zero-order chi connectivity index (χ0) is 19.6. The van der Waals surface area contributed by atoms with Crippen molar-refractivity contribution in [3.05, 3.63) is 76.5 Å². The van der Waals surface area contributed by atoms with E-state index < -0.39 is 0 Å². The lowest BCUT2D eigenvalue weighted by Gasteiger charge is -2.30. The molecule has 0 saturated heterocycles. The molecular formula is C22H25N3OS. The van der Waals surface area contributed by atoms with Crippen LogP contribution in [0.3, 0.4) is 0 Å². The third-order valence-corrected chi connectivity index (χ3v) is 5.06. The topological polar surface area (TPSA) is 53.2 Å². The summed E-state index contributed by atoms with van der Waals surface area (Å²) in [5.41, 5.74) is 5.52. The number of hydrogen-bond acceptors (Lipinski definition) is 2. The highest BCUT2D eigenvalue weighted by Crippen LogP contribution is 2.29. The molecule has 1 heterocycles. The van der Waals surface area contributed by atoms with Gasteiger partial charge in [-0.1, -0.05) is 56.3 Å². The van der Waals surface area contributed by atoms with Gasteiger partial charge in [-0.05, 0) is 54.7 Å². The molecule has 0 unspecified atom stereocenters. The van der Waals surface area contributed by atoms with Crippen LogP contribution in [-0.2, 0) is 4.79 Å². The lowest BCUT2D eigenvalue weighted by Crippen LogP contribution is -2.45. The molecule has 4 nitrogen and oxygen atoms in total. The molecule has 3 rings (SSSR count). The summed E-state index contributed by atoms with van der Waals surface area (Å²) in [7, 11) is 0. The SMILES string of the molecule is CC1=C(C(=O)Nc2ccccc2C)[C@H](c2ccc(C(C)C)cc2)NC(=S)N1. The second-order valence-corrected chi connectivity index (χ2v) is 7.57. The van der Waals surface area contributed by atoms with Gasteiger partial charge >= 0.3 is 0 Å². The van der Waals surface area contributed by atoms with E-state index in [0.29, 0.717) is 16.6 Å². The van der Waals surface area contributed by atoms with E-state index in [1.807, 2.05) is 38.1 Å². The van der Waals surface area contributed by atoms with Crippen molar-refractivity contribution in [3.8, 4) is 0 Å². The lowest BCUT2D eigenvalue weighted by molar-refractivity contribution is -0.113. The smallest absolute Gasteiger partial charge is 0.255 e. The number of rotatable bonds is 4. The molecule has 2 aromatic rings. The Labute approximate surface area is 166 Å². The molecule has 0 saturated carbocycles. The fourth-order valence-electron chi connectivity index (χ4n) is 3.22. The summed E-state index contributed by atoms with van der Waals surface area (Å²) < 4.78 is 0. The lowest BCUT2D eigenvalue weighted by atomic mass is 9.92. The monoisotopic (exact) mass is 379 g/mol. The highest BCUT2D eigenvalue weighted by molar-refractivity contribution is 7.80. The van der Waals surface area contributed by atoms with Crippen LogP contribution in [0.1, 0.15) is 49.4 Å². The van der Waals surface area contributed by atoms with Crippen LogP contribution in [0.4, 0.5) is 5.69 Å². The van der Waals surface area contributed by atoms with E-state index in [-0.39, 0.29) is 11.9 Å². The quantitative estimate of drug-likeness (QED) is 0.682. The molecule has 0 fully saturated rings. The fourth-order valence-corrected chi connectivity index (χ4v) is 3.49. The van der Waals surface area contributed by atoms with Crippen molar-refractivity contribution in [2.75, 3.05) is 5.32 Å². The first-order chi connectivity index (χ1) is 12.9. The first-order valence-corrected chi connectivity index (χ1v) is 9.52. The van der Waals surface area contributed by atoms with Crippen LogP contribution in [0.15, 0.2) is 59.8 Å². The maximum absolute atomic E-state index is 13.1. The van der Waals surface area contributed by atoms with E-state index in [4.69, 9.17) is 12.2 Å². The molecular weight excluding hydrogens is 354 g/mol. The number of carbonyl (C=O) groups excluding carboxylic acids is 1. The maximum atomic E-state index is 13.1.